The monoisotopic (exact) mass is 210 g/mol. The summed E-state index contributed by atoms with van der Waals surface area (Å²) >= 11 is 0. The van der Waals surface area contributed by atoms with Crippen molar-refractivity contribution in [3.63, 3.8) is 0 Å². The Kier molecular flexibility index (Phi) is 4.30. The molecule has 0 aliphatic heterocycles. The molecular formula is C10H18N4O. The molecule has 15 heavy (non-hydrogen) atoms. The predicted octanol–water partition coefficient (Wildman–Crippen LogP) is 0.667. The van der Waals surface area contributed by atoms with E-state index in [1.54, 1.807) is 4.68 Å². The zero-order chi connectivity index (χ0) is 11.3. The first-order valence-corrected chi connectivity index (χ1v) is 5.14. The molecule has 0 radical (unpaired) electrons. The van der Waals surface area contributed by atoms with Gasteiger partial charge in [-0.15, -0.1) is 0 Å². The van der Waals surface area contributed by atoms with Gasteiger partial charge in [-0.1, -0.05) is 6.92 Å². The fourth-order valence-corrected chi connectivity index (χ4v) is 1.31. The molecular weight excluding hydrogens is 192 g/mol. The quantitative estimate of drug-likeness (QED) is 0.702. The van der Waals surface area contributed by atoms with Gasteiger partial charge >= 0.3 is 0 Å². The summed E-state index contributed by atoms with van der Waals surface area (Å²) in [7, 11) is 1.81. The number of carbonyl (C=O) groups excluding carboxylic acids is 1. The Labute approximate surface area is 89.9 Å². The van der Waals surface area contributed by atoms with Gasteiger partial charge in [-0.2, -0.15) is 5.10 Å². The number of carbonyl (C=O) groups is 1. The average Bonchev–Trinajstić information content (AvgIpc) is 2.45. The van der Waals surface area contributed by atoms with Crippen molar-refractivity contribution < 1.29 is 4.79 Å². The maximum Gasteiger partial charge on any atom is 0.226 e. The van der Waals surface area contributed by atoms with E-state index in [-0.39, 0.29) is 5.91 Å². The number of aryl methyl sites for hydroxylation is 2. The third-order valence-corrected chi connectivity index (χ3v) is 2.05. The van der Waals surface area contributed by atoms with Crippen LogP contribution in [0.5, 0.6) is 0 Å². The molecule has 2 N–H and O–H groups in total. The van der Waals surface area contributed by atoms with Crippen LogP contribution in [0.2, 0.25) is 0 Å². The highest BCUT2D eigenvalue weighted by molar-refractivity contribution is 5.89. The van der Waals surface area contributed by atoms with Crippen LogP contribution in [0.25, 0.3) is 0 Å². The number of amides is 1. The van der Waals surface area contributed by atoms with Crippen molar-refractivity contribution in [3.05, 3.63) is 11.8 Å². The molecule has 0 saturated carbocycles. The Morgan fingerprint density at radius 1 is 1.60 bits per heavy atom. The molecule has 1 aromatic rings. The summed E-state index contributed by atoms with van der Waals surface area (Å²) in [5.41, 5.74) is 0.902. The molecule has 0 spiro atoms. The first-order valence-electron chi connectivity index (χ1n) is 5.14. The maximum absolute atomic E-state index is 11.5. The third kappa shape index (κ3) is 3.71. The van der Waals surface area contributed by atoms with Crippen molar-refractivity contribution in [2.24, 2.45) is 7.05 Å². The van der Waals surface area contributed by atoms with Crippen LogP contribution in [0.15, 0.2) is 6.07 Å². The third-order valence-electron chi connectivity index (χ3n) is 2.05. The Morgan fingerprint density at radius 2 is 2.33 bits per heavy atom. The van der Waals surface area contributed by atoms with Crippen molar-refractivity contribution in [3.8, 4) is 0 Å². The average molecular weight is 210 g/mol. The largest absolute Gasteiger partial charge is 0.316 e. The van der Waals surface area contributed by atoms with Crippen molar-refractivity contribution in [1.29, 1.82) is 0 Å². The molecule has 0 unspecified atom stereocenters. The smallest absolute Gasteiger partial charge is 0.226 e. The van der Waals surface area contributed by atoms with Gasteiger partial charge in [-0.05, 0) is 13.5 Å². The minimum absolute atomic E-state index is 0.0129. The molecule has 0 fully saturated rings. The molecule has 0 saturated heterocycles. The fraction of sp³-hybridized carbons (Fsp3) is 0.600. The second kappa shape index (κ2) is 5.50. The van der Waals surface area contributed by atoms with Crippen LogP contribution >= 0.6 is 0 Å². The normalized spacial score (nSPS) is 10.3. The van der Waals surface area contributed by atoms with Gasteiger partial charge in [0.2, 0.25) is 5.91 Å². The molecule has 0 bridgehead atoms. The number of rotatable bonds is 5. The molecule has 1 heterocycles. The van der Waals surface area contributed by atoms with Gasteiger partial charge in [-0.3, -0.25) is 9.48 Å². The van der Waals surface area contributed by atoms with Crippen molar-refractivity contribution in [2.45, 2.75) is 20.3 Å². The van der Waals surface area contributed by atoms with E-state index in [1.807, 2.05) is 27.0 Å². The molecule has 5 heteroatoms. The summed E-state index contributed by atoms with van der Waals surface area (Å²) in [6.07, 6.45) is 0.484. The van der Waals surface area contributed by atoms with E-state index in [1.165, 1.54) is 0 Å². The fourth-order valence-electron chi connectivity index (χ4n) is 1.31. The summed E-state index contributed by atoms with van der Waals surface area (Å²) < 4.78 is 1.67. The zero-order valence-electron chi connectivity index (χ0n) is 9.50. The molecule has 0 aromatic carbocycles. The topological polar surface area (TPSA) is 59.0 Å². The minimum atomic E-state index is 0.0129. The van der Waals surface area contributed by atoms with Crippen LogP contribution in [0.3, 0.4) is 0 Å². The van der Waals surface area contributed by atoms with E-state index in [0.29, 0.717) is 13.0 Å². The molecule has 1 aromatic heterocycles. The highest BCUT2D eigenvalue weighted by Crippen LogP contribution is 2.07. The maximum atomic E-state index is 11.5. The Balaban J connectivity index is 2.41. The lowest BCUT2D eigenvalue weighted by Crippen LogP contribution is -2.22. The summed E-state index contributed by atoms with van der Waals surface area (Å²) in [4.78, 5) is 11.5. The number of aromatic nitrogens is 2. The van der Waals surface area contributed by atoms with E-state index < -0.39 is 0 Å². The molecule has 0 atom stereocenters. The highest BCUT2D eigenvalue weighted by atomic mass is 16.1. The van der Waals surface area contributed by atoms with Gasteiger partial charge in [0, 0.05) is 26.1 Å². The summed E-state index contributed by atoms with van der Waals surface area (Å²) in [6, 6.07) is 1.85. The van der Waals surface area contributed by atoms with Gasteiger partial charge in [0.1, 0.15) is 5.82 Å². The lowest BCUT2D eigenvalue weighted by atomic mass is 10.4. The lowest BCUT2D eigenvalue weighted by Gasteiger charge is -2.04. The zero-order valence-corrected chi connectivity index (χ0v) is 9.50. The SMILES string of the molecule is CCNCCC(=O)Nc1cc(C)nn1C. The summed E-state index contributed by atoms with van der Waals surface area (Å²) in [5.74, 6) is 0.757. The predicted molar refractivity (Wildman–Crippen MR) is 59.7 cm³/mol. The van der Waals surface area contributed by atoms with Crippen LogP contribution in [-0.4, -0.2) is 28.8 Å². The molecule has 84 valence electrons. The first kappa shape index (κ1) is 11.7. The molecule has 0 aliphatic carbocycles. The number of hydrogen-bond donors (Lipinski definition) is 2. The standard InChI is InChI=1S/C10H18N4O/c1-4-11-6-5-10(15)12-9-7-8(2)13-14(9)3/h7,11H,4-6H2,1-3H3,(H,12,15). The van der Waals surface area contributed by atoms with E-state index in [0.717, 1.165) is 18.1 Å². The Hall–Kier alpha value is -1.36. The Morgan fingerprint density at radius 3 is 2.87 bits per heavy atom. The van der Waals surface area contributed by atoms with Crippen LogP contribution in [-0.2, 0) is 11.8 Å². The first-order chi connectivity index (χ1) is 7.13. The van der Waals surface area contributed by atoms with Crippen LogP contribution in [0.4, 0.5) is 5.82 Å². The van der Waals surface area contributed by atoms with E-state index in [9.17, 15) is 4.79 Å². The Bertz CT molecular complexity index is 332. The van der Waals surface area contributed by atoms with Crippen LogP contribution in [0, 0.1) is 6.92 Å². The van der Waals surface area contributed by atoms with Gasteiger partial charge in [0.05, 0.1) is 5.69 Å². The highest BCUT2D eigenvalue weighted by Gasteiger charge is 2.05. The lowest BCUT2D eigenvalue weighted by molar-refractivity contribution is -0.116. The second-order valence-corrected chi connectivity index (χ2v) is 3.45. The number of anilines is 1. The van der Waals surface area contributed by atoms with E-state index >= 15 is 0 Å². The van der Waals surface area contributed by atoms with Gasteiger partial charge in [0.15, 0.2) is 0 Å². The van der Waals surface area contributed by atoms with Crippen molar-refractivity contribution in [1.82, 2.24) is 15.1 Å². The number of nitrogens with zero attached hydrogens (tertiary/aromatic N) is 2. The van der Waals surface area contributed by atoms with Crippen LogP contribution in [0.1, 0.15) is 19.0 Å². The molecule has 5 nitrogen and oxygen atoms in total. The summed E-state index contributed by atoms with van der Waals surface area (Å²) in [6.45, 7) is 5.51. The second-order valence-electron chi connectivity index (χ2n) is 3.45. The molecule has 1 amide bonds. The van der Waals surface area contributed by atoms with Crippen molar-refractivity contribution in [2.75, 3.05) is 18.4 Å². The van der Waals surface area contributed by atoms with Crippen LogP contribution < -0.4 is 10.6 Å². The number of nitrogens with one attached hydrogen (secondary N) is 2. The van der Waals surface area contributed by atoms with Crippen molar-refractivity contribution >= 4 is 11.7 Å². The molecule has 0 aliphatic rings. The van der Waals surface area contributed by atoms with E-state index in [4.69, 9.17) is 0 Å². The van der Waals surface area contributed by atoms with E-state index in [2.05, 4.69) is 15.7 Å². The number of hydrogen-bond acceptors (Lipinski definition) is 3. The van der Waals surface area contributed by atoms with Gasteiger partial charge < -0.3 is 10.6 Å². The summed E-state index contributed by atoms with van der Waals surface area (Å²) in [5, 5.41) is 10.1. The molecule has 1 rings (SSSR count). The van der Waals surface area contributed by atoms with Gasteiger partial charge in [-0.25, -0.2) is 0 Å². The minimum Gasteiger partial charge on any atom is -0.316 e. The van der Waals surface area contributed by atoms with Gasteiger partial charge in [0.25, 0.3) is 0 Å².